The van der Waals surface area contributed by atoms with Crippen molar-refractivity contribution in [3.05, 3.63) is 59.7 Å². The number of hydrogen-bond donors (Lipinski definition) is 1. The van der Waals surface area contributed by atoms with E-state index >= 15 is 0 Å². The molecule has 0 radical (unpaired) electrons. The Morgan fingerprint density at radius 2 is 1.80 bits per heavy atom. The number of phenolic OH excluding ortho intramolecular Hbond substituents is 1. The zero-order chi connectivity index (χ0) is 18.1. The molecule has 0 aliphatic carbocycles. The third-order valence-electron chi connectivity index (χ3n) is 4.13. The molecule has 2 rings (SSSR count). The van der Waals surface area contributed by atoms with Crippen LogP contribution in [0.15, 0.2) is 48.5 Å². The van der Waals surface area contributed by atoms with Gasteiger partial charge in [-0.3, -0.25) is 4.79 Å². The number of aromatic hydroxyl groups is 1. The van der Waals surface area contributed by atoms with Crippen LogP contribution in [0.2, 0.25) is 0 Å². The summed E-state index contributed by atoms with van der Waals surface area (Å²) in [6, 6.07) is 14.8. The van der Waals surface area contributed by atoms with Gasteiger partial charge >= 0.3 is 5.97 Å². The molecular weight excluding hydrogens is 312 g/mol. The first-order chi connectivity index (χ1) is 12.1. The van der Waals surface area contributed by atoms with Crippen LogP contribution in [0.3, 0.4) is 0 Å². The van der Waals surface area contributed by atoms with Gasteiger partial charge in [0.05, 0.1) is 5.92 Å². The standard InChI is InChI=1S/C22H26O3/c1-3-5-11-19(4-2)22(24)25-21-15-18(14-20(23)16-21)13-12-17-9-7-6-8-10-17/h6-10,12-16,19,23H,3-5,11H2,1-2H3/b13-12+. The maximum Gasteiger partial charge on any atom is 0.314 e. The first-order valence-electron chi connectivity index (χ1n) is 8.91. The maximum atomic E-state index is 12.3. The van der Waals surface area contributed by atoms with E-state index in [4.69, 9.17) is 4.74 Å². The molecule has 2 aromatic rings. The monoisotopic (exact) mass is 338 g/mol. The van der Waals surface area contributed by atoms with E-state index in [1.807, 2.05) is 49.4 Å². The summed E-state index contributed by atoms with van der Waals surface area (Å²) < 4.78 is 5.51. The Morgan fingerprint density at radius 1 is 1.08 bits per heavy atom. The van der Waals surface area contributed by atoms with Crippen molar-refractivity contribution in [2.24, 2.45) is 5.92 Å². The predicted molar refractivity (Wildman–Crippen MR) is 102 cm³/mol. The predicted octanol–water partition coefficient (Wildman–Crippen LogP) is 5.68. The van der Waals surface area contributed by atoms with Gasteiger partial charge < -0.3 is 9.84 Å². The summed E-state index contributed by atoms with van der Waals surface area (Å²) in [6.07, 6.45) is 7.52. The maximum absolute atomic E-state index is 12.3. The summed E-state index contributed by atoms with van der Waals surface area (Å²) in [7, 11) is 0. The van der Waals surface area contributed by atoms with Crippen LogP contribution in [0.1, 0.15) is 50.7 Å². The Hall–Kier alpha value is -2.55. The highest BCUT2D eigenvalue weighted by atomic mass is 16.5. The van der Waals surface area contributed by atoms with E-state index in [-0.39, 0.29) is 17.6 Å². The molecule has 0 amide bonds. The molecule has 0 saturated carbocycles. The van der Waals surface area contributed by atoms with Crippen LogP contribution in [0.4, 0.5) is 0 Å². The molecule has 1 N–H and O–H groups in total. The van der Waals surface area contributed by atoms with Gasteiger partial charge in [-0.05, 0) is 36.1 Å². The van der Waals surface area contributed by atoms with Crippen molar-refractivity contribution in [3.8, 4) is 11.5 Å². The molecule has 0 aromatic heterocycles. The van der Waals surface area contributed by atoms with Crippen molar-refractivity contribution in [2.45, 2.75) is 39.5 Å². The first-order valence-corrected chi connectivity index (χ1v) is 8.91. The zero-order valence-corrected chi connectivity index (χ0v) is 14.9. The number of carbonyl (C=O) groups excluding carboxylic acids is 1. The molecule has 0 aliphatic heterocycles. The van der Waals surface area contributed by atoms with Crippen LogP contribution in [-0.4, -0.2) is 11.1 Å². The minimum atomic E-state index is -0.223. The number of ether oxygens (including phenoxy) is 1. The summed E-state index contributed by atoms with van der Waals surface area (Å²) in [4.78, 5) is 12.3. The molecule has 3 nitrogen and oxygen atoms in total. The molecule has 132 valence electrons. The number of esters is 1. The Labute approximate surface area is 150 Å². The average molecular weight is 338 g/mol. The average Bonchev–Trinajstić information content (AvgIpc) is 2.61. The molecule has 1 atom stereocenters. The number of unbranched alkanes of at least 4 members (excludes halogenated alkanes) is 1. The SMILES string of the molecule is CCCCC(CC)C(=O)Oc1cc(O)cc(/C=C/c2ccccc2)c1. The molecular formula is C22H26O3. The van der Waals surface area contributed by atoms with Gasteiger partial charge in [-0.2, -0.15) is 0 Å². The van der Waals surface area contributed by atoms with E-state index in [1.165, 1.54) is 6.07 Å². The molecule has 0 aliphatic rings. The van der Waals surface area contributed by atoms with Crippen molar-refractivity contribution in [1.82, 2.24) is 0 Å². The van der Waals surface area contributed by atoms with Crippen LogP contribution in [0.25, 0.3) is 12.2 Å². The summed E-state index contributed by atoms with van der Waals surface area (Å²) in [6.45, 7) is 4.11. The number of hydrogen-bond acceptors (Lipinski definition) is 3. The number of phenols is 1. The fraction of sp³-hybridized carbons (Fsp3) is 0.318. The summed E-state index contributed by atoms with van der Waals surface area (Å²) in [5.74, 6) is 0.150. The van der Waals surface area contributed by atoms with Gasteiger partial charge in [0.25, 0.3) is 0 Å². The lowest BCUT2D eigenvalue weighted by molar-refractivity contribution is -0.139. The highest BCUT2D eigenvalue weighted by Crippen LogP contribution is 2.25. The van der Waals surface area contributed by atoms with Crippen LogP contribution >= 0.6 is 0 Å². The molecule has 2 aromatic carbocycles. The van der Waals surface area contributed by atoms with E-state index in [0.717, 1.165) is 36.8 Å². The quantitative estimate of drug-likeness (QED) is 0.382. The Balaban J connectivity index is 2.10. The Kier molecular flexibility index (Phi) is 7.27. The molecule has 3 heteroatoms. The molecule has 0 spiro atoms. The van der Waals surface area contributed by atoms with E-state index < -0.39 is 0 Å². The summed E-state index contributed by atoms with van der Waals surface area (Å²) >= 11 is 0. The van der Waals surface area contributed by atoms with Gasteiger partial charge in [0.15, 0.2) is 0 Å². The number of carbonyl (C=O) groups is 1. The Bertz CT molecular complexity index is 704. The van der Waals surface area contributed by atoms with Crippen molar-refractivity contribution in [1.29, 1.82) is 0 Å². The van der Waals surface area contributed by atoms with Crippen molar-refractivity contribution in [3.63, 3.8) is 0 Å². The van der Waals surface area contributed by atoms with Crippen molar-refractivity contribution >= 4 is 18.1 Å². The number of rotatable bonds is 8. The van der Waals surface area contributed by atoms with Crippen LogP contribution < -0.4 is 4.74 Å². The lowest BCUT2D eigenvalue weighted by atomic mass is 10.00. The first kappa shape index (κ1) is 18.8. The van der Waals surface area contributed by atoms with Crippen LogP contribution in [0, 0.1) is 5.92 Å². The highest BCUT2D eigenvalue weighted by molar-refractivity contribution is 5.76. The largest absolute Gasteiger partial charge is 0.508 e. The van der Waals surface area contributed by atoms with E-state index in [1.54, 1.807) is 12.1 Å². The fourth-order valence-electron chi connectivity index (χ4n) is 2.66. The summed E-state index contributed by atoms with van der Waals surface area (Å²) in [5, 5.41) is 9.92. The van der Waals surface area contributed by atoms with Gasteiger partial charge in [0, 0.05) is 6.07 Å². The normalized spacial score (nSPS) is 12.2. The van der Waals surface area contributed by atoms with Gasteiger partial charge in [0.1, 0.15) is 11.5 Å². The minimum absolute atomic E-state index is 0.0830. The third kappa shape index (κ3) is 6.11. The zero-order valence-electron chi connectivity index (χ0n) is 14.9. The molecule has 1 unspecified atom stereocenters. The van der Waals surface area contributed by atoms with E-state index in [9.17, 15) is 9.90 Å². The topological polar surface area (TPSA) is 46.5 Å². The van der Waals surface area contributed by atoms with Crippen molar-refractivity contribution in [2.75, 3.05) is 0 Å². The van der Waals surface area contributed by atoms with Gasteiger partial charge in [0.2, 0.25) is 0 Å². The Morgan fingerprint density at radius 3 is 2.48 bits per heavy atom. The van der Waals surface area contributed by atoms with E-state index in [0.29, 0.717) is 5.75 Å². The summed E-state index contributed by atoms with van der Waals surface area (Å²) in [5.41, 5.74) is 1.85. The second-order valence-corrected chi connectivity index (χ2v) is 6.17. The molecule has 0 saturated heterocycles. The second kappa shape index (κ2) is 9.67. The minimum Gasteiger partial charge on any atom is -0.508 e. The van der Waals surface area contributed by atoms with Crippen LogP contribution in [0.5, 0.6) is 11.5 Å². The molecule has 0 fully saturated rings. The van der Waals surface area contributed by atoms with Crippen molar-refractivity contribution < 1.29 is 14.6 Å². The van der Waals surface area contributed by atoms with Gasteiger partial charge in [-0.1, -0.05) is 69.2 Å². The second-order valence-electron chi connectivity index (χ2n) is 6.17. The lowest BCUT2D eigenvalue weighted by Crippen LogP contribution is -2.20. The third-order valence-corrected chi connectivity index (χ3v) is 4.13. The molecule has 0 heterocycles. The van der Waals surface area contributed by atoms with Gasteiger partial charge in [-0.25, -0.2) is 0 Å². The van der Waals surface area contributed by atoms with Crippen LogP contribution in [-0.2, 0) is 4.79 Å². The smallest absolute Gasteiger partial charge is 0.314 e. The van der Waals surface area contributed by atoms with E-state index in [2.05, 4.69) is 6.92 Å². The van der Waals surface area contributed by atoms with Gasteiger partial charge in [-0.15, -0.1) is 0 Å². The molecule has 0 bridgehead atoms. The number of benzene rings is 2. The fourth-order valence-corrected chi connectivity index (χ4v) is 2.66. The molecule has 25 heavy (non-hydrogen) atoms. The highest BCUT2D eigenvalue weighted by Gasteiger charge is 2.18. The lowest BCUT2D eigenvalue weighted by Gasteiger charge is -2.14.